The van der Waals surface area contributed by atoms with E-state index in [1.165, 1.54) is 18.2 Å². The first kappa shape index (κ1) is 23.1. The minimum Gasteiger partial charge on any atom is -0.497 e. The van der Waals surface area contributed by atoms with Gasteiger partial charge < -0.3 is 10.1 Å². The Labute approximate surface area is 205 Å². The van der Waals surface area contributed by atoms with Gasteiger partial charge in [0.2, 0.25) is 0 Å². The van der Waals surface area contributed by atoms with Gasteiger partial charge in [0.05, 0.1) is 44.9 Å². The molecular formula is C25H19N5O5S. The summed E-state index contributed by atoms with van der Waals surface area (Å²) in [6.07, 6.45) is 1.65. The Balaban J connectivity index is 1.63. The van der Waals surface area contributed by atoms with E-state index in [2.05, 4.69) is 20.3 Å². The molecule has 0 saturated heterocycles. The number of anilines is 2. The van der Waals surface area contributed by atoms with Crippen LogP contribution >= 0.6 is 0 Å². The van der Waals surface area contributed by atoms with Crippen LogP contribution in [0.25, 0.3) is 21.9 Å². The first-order chi connectivity index (χ1) is 17.3. The van der Waals surface area contributed by atoms with Gasteiger partial charge in [-0.05, 0) is 30.3 Å². The molecule has 10 nitrogen and oxygen atoms in total. The molecule has 36 heavy (non-hydrogen) atoms. The summed E-state index contributed by atoms with van der Waals surface area (Å²) in [6, 6.07) is 19.3. The molecule has 0 aliphatic heterocycles. The highest BCUT2D eigenvalue weighted by Crippen LogP contribution is 2.32. The van der Waals surface area contributed by atoms with Crippen LogP contribution < -0.4 is 10.1 Å². The van der Waals surface area contributed by atoms with Crippen LogP contribution in [0.3, 0.4) is 0 Å². The summed E-state index contributed by atoms with van der Waals surface area (Å²) in [5, 5.41) is 15.2. The number of hydrogen-bond acceptors (Lipinski definition) is 9. The highest BCUT2D eigenvalue weighted by molar-refractivity contribution is 7.90. The van der Waals surface area contributed by atoms with E-state index in [9.17, 15) is 18.5 Å². The number of nitrogens with one attached hydrogen (secondary N) is 1. The summed E-state index contributed by atoms with van der Waals surface area (Å²) in [5.74, 6) is 0.282. The largest absolute Gasteiger partial charge is 0.497 e. The maximum Gasteiger partial charge on any atom is 0.270 e. The van der Waals surface area contributed by atoms with Crippen LogP contribution in [0.15, 0.2) is 83.9 Å². The molecule has 11 heteroatoms. The van der Waals surface area contributed by atoms with Crippen LogP contribution in [-0.2, 0) is 15.6 Å². The van der Waals surface area contributed by atoms with Gasteiger partial charge in [-0.25, -0.2) is 18.4 Å². The molecule has 0 aliphatic rings. The smallest absolute Gasteiger partial charge is 0.270 e. The van der Waals surface area contributed by atoms with Gasteiger partial charge in [0, 0.05) is 29.8 Å². The fourth-order valence-electron chi connectivity index (χ4n) is 3.80. The number of nitro benzene ring substituents is 1. The number of nitro groups is 1. The monoisotopic (exact) mass is 501 g/mol. The highest BCUT2D eigenvalue weighted by Gasteiger charge is 2.23. The lowest BCUT2D eigenvalue weighted by atomic mass is 10.1. The van der Waals surface area contributed by atoms with E-state index >= 15 is 0 Å². The van der Waals surface area contributed by atoms with E-state index in [0.717, 1.165) is 11.5 Å². The molecule has 1 N–H and O–H groups in total. The third-order valence-corrected chi connectivity index (χ3v) is 7.15. The second-order valence-corrected chi connectivity index (χ2v) is 9.89. The lowest BCUT2D eigenvalue weighted by Gasteiger charge is -2.14. The Morgan fingerprint density at radius 1 is 0.972 bits per heavy atom. The molecule has 2 heterocycles. The van der Waals surface area contributed by atoms with E-state index in [-0.39, 0.29) is 22.1 Å². The van der Waals surface area contributed by atoms with Crippen molar-refractivity contribution in [2.75, 3.05) is 12.4 Å². The van der Waals surface area contributed by atoms with Crippen LogP contribution in [0.4, 0.5) is 17.2 Å². The number of para-hydroxylation sites is 2. The third kappa shape index (κ3) is 4.51. The molecular weight excluding hydrogens is 482 g/mol. The second-order valence-electron chi connectivity index (χ2n) is 7.90. The van der Waals surface area contributed by atoms with E-state index in [1.807, 2.05) is 18.2 Å². The van der Waals surface area contributed by atoms with Crippen molar-refractivity contribution in [2.45, 2.75) is 10.6 Å². The molecule has 0 amide bonds. The zero-order chi connectivity index (χ0) is 25.3. The maximum atomic E-state index is 13.3. The molecule has 180 valence electrons. The van der Waals surface area contributed by atoms with Gasteiger partial charge >= 0.3 is 0 Å². The van der Waals surface area contributed by atoms with Gasteiger partial charge in [0.25, 0.3) is 5.69 Å². The molecule has 0 unspecified atom stereocenters. The maximum absolute atomic E-state index is 13.3. The molecule has 0 saturated carbocycles. The number of non-ortho nitro benzene ring substituents is 1. The van der Waals surface area contributed by atoms with Crippen molar-refractivity contribution in [1.29, 1.82) is 0 Å². The predicted molar refractivity (Wildman–Crippen MR) is 135 cm³/mol. The minimum atomic E-state index is -4.00. The Hall–Kier alpha value is -4.64. The number of sulfone groups is 1. The molecule has 0 fully saturated rings. The Bertz CT molecular complexity index is 1740. The van der Waals surface area contributed by atoms with Crippen LogP contribution in [0.2, 0.25) is 0 Å². The molecule has 3 aromatic carbocycles. The molecule has 0 aliphatic carbocycles. The number of aromatic nitrogens is 3. The van der Waals surface area contributed by atoms with Crippen molar-refractivity contribution in [3.05, 3.63) is 94.8 Å². The number of hydrogen-bond donors (Lipinski definition) is 1. The van der Waals surface area contributed by atoms with Crippen molar-refractivity contribution in [3.8, 4) is 5.75 Å². The van der Waals surface area contributed by atoms with Gasteiger partial charge in [-0.1, -0.05) is 24.3 Å². The minimum absolute atomic E-state index is 0.159. The van der Waals surface area contributed by atoms with Gasteiger partial charge in [0.1, 0.15) is 11.5 Å². The van der Waals surface area contributed by atoms with Crippen molar-refractivity contribution >= 4 is 49.0 Å². The fraction of sp³-hybridized carbons (Fsp3) is 0.0800. The lowest BCUT2D eigenvalue weighted by Crippen LogP contribution is -2.11. The number of rotatable bonds is 7. The normalized spacial score (nSPS) is 11.5. The number of ether oxygens (including phenoxy) is 1. The van der Waals surface area contributed by atoms with Gasteiger partial charge in [-0.15, -0.1) is 0 Å². The number of methoxy groups -OCH3 is 1. The Morgan fingerprint density at radius 2 is 1.75 bits per heavy atom. The summed E-state index contributed by atoms with van der Waals surface area (Å²) in [7, 11) is -2.45. The van der Waals surface area contributed by atoms with Gasteiger partial charge in [0.15, 0.2) is 15.7 Å². The van der Waals surface area contributed by atoms with E-state index < -0.39 is 20.5 Å². The van der Waals surface area contributed by atoms with E-state index in [4.69, 9.17) is 4.74 Å². The summed E-state index contributed by atoms with van der Waals surface area (Å²) >= 11 is 0. The standard InChI is InChI=1S/C25H19N5O5S/c1-35-18-12-16-6-5-11-26-24(16)22(14-18)29-25-23(27-20-9-2-3-10-21(20)28-25)15-36(33,34)19-8-4-7-17(13-19)30(31)32/h2-14H,15H2,1H3,(H,28,29). The van der Waals surface area contributed by atoms with Crippen molar-refractivity contribution < 1.29 is 18.1 Å². The molecule has 5 rings (SSSR count). The molecule has 0 spiro atoms. The van der Waals surface area contributed by atoms with Crippen molar-refractivity contribution in [2.24, 2.45) is 0 Å². The van der Waals surface area contributed by atoms with E-state index in [1.54, 1.807) is 43.6 Å². The molecule has 0 radical (unpaired) electrons. The second kappa shape index (κ2) is 9.19. The average Bonchev–Trinajstić information content (AvgIpc) is 2.88. The van der Waals surface area contributed by atoms with Crippen LogP contribution in [0.1, 0.15) is 5.69 Å². The number of benzene rings is 3. The summed E-state index contributed by atoms with van der Waals surface area (Å²) in [4.78, 5) is 24.0. The van der Waals surface area contributed by atoms with E-state index in [0.29, 0.717) is 28.0 Å². The quantitative estimate of drug-likeness (QED) is 0.246. The summed E-state index contributed by atoms with van der Waals surface area (Å²) in [6.45, 7) is 0. The zero-order valence-electron chi connectivity index (χ0n) is 19.0. The average molecular weight is 502 g/mol. The van der Waals surface area contributed by atoms with Crippen LogP contribution in [0, 0.1) is 10.1 Å². The molecule has 5 aromatic rings. The zero-order valence-corrected chi connectivity index (χ0v) is 19.8. The van der Waals surface area contributed by atoms with Crippen LogP contribution in [-0.4, -0.2) is 35.4 Å². The fourth-order valence-corrected chi connectivity index (χ4v) is 5.11. The topological polar surface area (TPSA) is 137 Å². The molecule has 2 aromatic heterocycles. The third-order valence-electron chi connectivity index (χ3n) is 5.52. The number of nitrogens with zero attached hydrogens (tertiary/aromatic N) is 4. The molecule has 0 atom stereocenters. The van der Waals surface area contributed by atoms with Gasteiger partial charge in [-0.2, -0.15) is 0 Å². The first-order valence-electron chi connectivity index (χ1n) is 10.8. The first-order valence-corrected chi connectivity index (χ1v) is 12.4. The van der Waals surface area contributed by atoms with Crippen molar-refractivity contribution in [1.82, 2.24) is 15.0 Å². The Kier molecular flexibility index (Phi) is 5.90. The summed E-state index contributed by atoms with van der Waals surface area (Å²) in [5.41, 5.74) is 2.13. The number of fused-ring (bicyclic) bond motifs is 2. The van der Waals surface area contributed by atoms with Gasteiger partial charge in [-0.3, -0.25) is 15.1 Å². The lowest BCUT2D eigenvalue weighted by molar-refractivity contribution is -0.385. The van der Waals surface area contributed by atoms with Crippen LogP contribution in [0.5, 0.6) is 5.75 Å². The SMILES string of the molecule is COc1cc(Nc2nc3ccccc3nc2CS(=O)(=O)c2cccc([N+](=O)[O-])c2)c2ncccc2c1. The Morgan fingerprint density at radius 3 is 2.50 bits per heavy atom. The highest BCUT2D eigenvalue weighted by atomic mass is 32.2. The summed E-state index contributed by atoms with van der Waals surface area (Å²) < 4.78 is 32.0. The number of pyridine rings is 1. The molecule has 0 bridgehead atoms. The van der Waals surface area contributed by atoms with Crippen molar-refractivity contribution in [3.63, 3.8) is 0 Å². The predicted octanol–water partition coefficient (Wildman–Crippen LogP) is 4.81.